The first-order valence-corrected chi connectivity index (χ1v) is 27.2. The Morgan fingerprint density at radius 1 is 1.06 bits per heavy atom. The minimum absolute atomic E-state index is 0. The van der Waals surface area contributed by atoms with Gasteiger partial charge in [-0.3, -0.25) is 9.69 Å². The first-order valence-electron chi connectivity index (χ1n) is 23.0. The highest BCUT2D eigenvalue weighted by molar-refractivity contribution is 14.1. The number of nitrogens with zero attached hydrogens (tertiary/aromatic N) is 2. The van der Waals surface area contributed by atoms with E-state index in [2.05, 4.69) is 63.0 Å². The summed E-state index contributed by atoms with van der Waals surface area (Å²) in [6, 6.07) is 21.7. The number of halogens is 2. The molecule has 1 spiro atoms. The van der Waals surface area contributed by atoms with Crippen molar-refractivity contribution in [3.05, 3.63) is 119 Å². The highest BCUT2D eigenvalue weighted by Crippen LogP contribution is 2.47. The molecule has 1 saturated carbocycles. The third-order valence-electron chi connectivity index (χ3n) is 13.8. The van der Waals surface area contributed by atoms with E-state index in [1.54, 1.807) is 30.4 Å². The smallest absolute Gasteiger partial charge is 0.335 e. The van der Waals surface area contributed by atoms with Crippen LogP contribution in [0, 0.1) is 17.8 Å². The fourth-order valence-electron chi connectivity index (χ4n) is 10.3. The lowest BCUT2D eigenvalue weighted by Gasteiger charge is -2.45. The van der Waals surface area contributed by atoms with Gasteiger partial charge in [0, 0.05) is 62.0 Å². The van der Waals surface area contributed by atoms with Gasteiger partial charge in [0.05, 0.1) is 23.1 Å². The van der Waals surface area contributed by atoms with Crippen LogP contribution in [0.5, 0.6) is 5.75 Å². The summed E-state index contributed by atoms with van der Waals surface area (Å²) in [7, 11) is -3.53. The SMILES string of the molecule is C.C1CCN2CCNC[C@H]2C1.C=CC[C@H](C)C(Cc1ccccc1)S(N)(=O)=O.C=C[C@H](OC(C)=O)[C@@H]1CC[C@H]1CN1C[C@@]2(CCCc3cc(Cl)ccc32)COc2ccc(C(=O)O)cc21.CI. The molecule has 8 rings (SSSR count). The molecule has 0 aromatic heterocycles. The van der Waals surface area contributed by atoms with Gasteiger partial charge in [-0.1, -0.05) is 110 Å². The van der Waals surface area contributed by atoms with Gasteiger partial charge >= 0.3 is 11.9 Å². The molecule has 364 valence electrons. The van der Waals surface area contributed by atoms with Gasteiger partial charge in [0.15, 0.2) is 0 Å². The van der Waals surface area contributed by atoms with Crippen molar-refractivity contribution in [1.82, 2.24) is 10.2 Å². The predicted molar refractivity (Wildman–Crippen MR) is 279 cm³/mol. The van der Waals surface area contributed by atoms with Crippen LogP contribution in [0.3, 0.4) is 0 Å². The van der Waals surface area contributed by atoms with Gasteiger partial charge in [0.1, 0.15) is 11.9 Å². The van der Waals surface area contributed by atoms with Gasteiger partial charge in [0.25, 0.3) is 0 Å². The second kappa shape index (κ2) is 26.3. The number of sulfonamides is 1. The maximum absolute atomic E-state index is 11.8. The van der Waals surface area contributed by atoms with Gasteiger partial charge in [-0.2, -0.15) is 0 Å². The summed E-state index contributed by atoms with van der Waals surface area (Å²) in [5, 5.41) is 18.6. The molecule has 7 atom stereocenters. The van der Waals surface area contributed by atoms with Crippen LogP contribution in [0.15, 0.2) is 92.0 Å². The number of carboxylic acids is 1. The van der Waals surface area contributed by atoms with Crippen molar-refractivity contribution in [1.29, 1.82) is 0 Å². The number of hydrogen-bond acceptors (Lipinski definition) is 9. The number of primary sulfonamides is 1. The number of piperazine rings is 1. The average molecular weight is 1060 g/mol. The van der Waals surface area contributed by atoms with E-state index in [-0.39, 0.29) is 48.2 Å². The van der Waals surface area contributed by atoms with Crippen LogP contribution in [0.1, 0.15) is 99.7 Å². The van der Waals surface area contributed by atoms with Gasteiger partial charge in [-0.05, 0) is 128 Å². The summed E-state index contributed by atoms with van der Waals surface area (Å²) in [5.41, 5.74) is 4.33. The number of fused-ring (bicyclic) bond motifs is 4. The van der Waals surface area contributed by atoms with Crippen LogP contribution in [0.25, 0.3) is 0 Å². The number of carbonyl (C=O) groups is 2. The summed E-state index contributed by atoms with van der Waals surface area (Å²) < 4.78 is 35.2. The molecule has 11 nitrogen and oxygen atoms in total. The van der Waals surface area contributed by atoms with Gasteiger partial charge < -0.3 is 24.8 Å². The standard InChI is InChI=1S/C29H32ClNO5.C13H19NO2S.C8H16N2.CH3I.CH4/c1-3-26(36-18(2)32)23-9-6-21(23)15-31-16-29(12-4-5-19-13-22(30)8-10-24(19)29)17-35-27-11-7-20(28(33)34)14-25(27)31;1-3-7-11(2)13(17(14,15)16)10-12-8-5-4-6-9-12;1-2-5-10-6-4-9-7-8(10)3-1;1-2;/h3,7-8,10-11,13-14,21,23,26H,1,4-6,9,12,15-17H2,2H3,(H,33,34);3-6,8-9,11,13H,1,7,10H2,2H3,(H2,14,15,16);8-9H,1-7H2;1H3;1H4/t21-,23+,26-,29-;11-,13?;8-;;/m001../s1. The Labute approximate surface area is 414 Å². The lowest BCUT2D eigenvalue weighted by molar-refractivity contribution is -0.149. The van der Waals surface area contributed by atoms with Crippen LogP contribution in [-0.2, 0) is 37.8 Å². The summed E-state index contributed by atoms with van der Waals surface area (Å²) in [6.07, 6.45) is 13.5. The molecule has 3 aliphatic heterocycles. The highest BCUT2D eigenvalue weighted by atomic mass is 127. The molecule has 14 heteroatoms. The van der Waals surface area contributed by atoms with E-state index in [4.69, 9.17) is 26.2 Å². The van der Waals surface area contributed by atoms with Crippen LogP contribution in [0.2, 0.25) is 5.02 Å². The van der Waals surface area contributed by atoms with Crippen LogP contribution in [-0.4, -0.2) is 98.6 Å². The van der Waals surface area contributed by atoms with Gasteiger partial charge in [0.2, 0.25) is 10.0 Å². The number of aromatic carboxylic acids is 1. The number of alkyl halides is 1. The molecular formula is C52H74ClIN4O7S. The molecule has 3 aromatic carbocycles. The molecule has 3 heterocycles. The molecule has 4 N–H and O–H groups in total. The lowest BCUT2D eigenvalue weighted by Crippen LogP contribution is -2.53. The lowest BCUT2D eigenvalue weighted by atomic mass is 9.68. The second-order valence-corrected chi connectivity index (χ2v) is 20.3. The number of carboxylic acid groups (broad SMARTS) is 1. The van der Waals surface area contributed by atoms with E-state index in [1.807, 2.05) is 48.3 Å². The molecule has 5 aliphatic rings. The number of esters is 1. The fourth-order valence-corrected chi connectivity index (χ4v) is 11.6. The molecule has 3 fully saturated rings. The third-order valence-corrected chi connectivity index (χ3v) is 15.5. The molecule has 3 aromatic rings. The number of hydrogen-bond donors (Lipinski definition) is 3. The number of nitrogens with two attached hydrogens (primary N) is 1. The maximum atomic E-state index is 11.8. The van der Waals surface area contributed by atoms with Crippen molar-refractivity contribution in [2.45, 2.75) is 108 Å². The summed E-state index contributed by atoms with van der Waals surface area (Å²) in [4.78, 5) is 30.4. The summed E-state index contributed by atoms with van der Waals surface area (Å²) in [6.45, 7) is 17.9. The van der Waals surface area contributed by atoms with Gasteiger partial charge in [-0.25, -0.2) is 18.4 Å². The van der Waals surface area contributed by atoms with E-state index in [9.17, 15) is 23.1 Å². The molecule has 0 radical (unpaired) electrons. The summed E-state index contributed by atoms with van der Waals surface area (Å²) >= 11 is 8.48. The summed E-state index contributed by atoms with van der Waals surface area (Å²) in [5.74, 6) is -0.108. The largest absolute Gasteiger partial charge is 0.490 e. The molecule has 66 heavy (non-hydrogen) atoms. The number of piperidine rings is 1. The zero-order valence-corrected chi connectivity index (χ0v) is 42.2. The van der Waals surface area contributed by atoms with Crippen molar-refractivity contribution in [3.63, 3.8) is 0 Å². The normalized spacial score (nSPS) is 23.2. The maximum Gasteiger partial charge on any atom is 0.335 e. The van der Waals surface area contributed by atoms with Crippen molar-refractivity contribution in [2.75, 3.05) is 55.7 Å². The minimum atomic E-state index is -3.53. The van der Waals surface area contributed by atoms with E-state index in [1.165, 1.54) is 63.5 Å². The molecule has 0 amide bonds. The van der Waals surface area contributed by atoms with Crippen LogP contribution in [0.4, 0.5) is 5.69 Å². The number of ether oxygens (including phenoxy) is 2. The molecule has 2 saturated heterocycles. The van der Waals surface area contributed by atoms with E-state index in [0.717, 1.165) is 61.0 Å². The zero-order chi connectivity index (χ0) is 47.1. The Kier molecular flexibility index (Phi) is 22.0. The Morgan fingerprint density at radius 3 is 2.45 bits per heavy atom. The molecule has 0 bridgehead atoms. The minimum Gasteiger partial charge on any atom is -0.490 e. The molecule has 2 aliphatic carbocycles. The zero-order valence-electron chi connectivity index (χ0n) is 38.4. The Balaban J connectivity index is 0.000000261. The first kappa shape index (κ1) is 55.1. The number of anilines is 1. The van der Waals surface area contributed by atoms with E-state index < -0.39 is 21.2 Å². The molecule has 1 unspecified atom stereocenters. The van der Waals surface area contributed by atoms with E-state index >= 15 is 0 Å². The predicted octanol–water partition coefficient (Wildman–Crippen LogP) is 9.88. The molecular weight excluding hydrogens is 987 g/mol. The number of allylic oxidation sites excluding steroid dienone is 1. The van der Waals surface area contributed by atoms with Crippen molar-refractivity contribution >= 4 is 61.8 Å². The Bertz CT molecular complexity index is 2140. The number of nitrogens with one attached hydrogen (secondary N) is 1. The second-order valence-electron chi connectivity index (χ2n) is 18.1. The van der Waals surface area contributed by atoms with Crippen molar-refractivity contribution < 1.29 is 32.6 Å². The van der Waals surface area contributed by atoms with E-state index in [0.29, 0.717) is 31.7 Å². The number of rotatable bonds is 12. The van der Waals surface area contributed by atoms with Gasteiger partial charge in [-0.15, -0.1) is 6.58 Å². The first-order chi connectivity index (χ1) is 31.2. The van der Waals surface area contributed by atoms with Crippen LogP contribution < -0.4 is 20.1 Å². The average Bonchev–Trinajstić information content (AvgIpc) is 3.44. The Hall–Kier alpha value is -3.47. The Morgan fingerprint density at radius 2 is 1.82 bits per heavy atom. The monoisotopic (exact) mass is 1060 g/mol. The number of carbonyl (C=O) groups excluding carboxylic acids is 1. The third kappa shape index (κ3) is 14.8. The topological polar surface area (TPSA) is 152 Å². The number of benzene rings is 3. The highest BCUT2D eigenvalue weighted by Gasteiger charge is 2.45. The van der Waals surface area contributed by atoms with Crippen LogP contribution >= 0.6 is 34.2 Å². The van der Waals surface area contributed by atoms with Crippen molar-refractivity contribution in [2.24, 2.45) is 22.9 Å². The quantitative estimate of drug-likeness (QED) is 0.0692. The van der Waals surface area contributed by atoms with Crippen molar-refractivity contribution in [3.8, 4) is 5.75 Å². The fraction of sp³-hybridized carbons (Fsp3) is 0.538. The number of aryl methyl sites for hydroxylation is 1.